The summed E-state index contributed by atoms with van der Waals surface area (Å²) >= 11 is 5.68. The zero-order valence-electron chi connectivity index (χ0n) is 14.7. The number of halogens is 1. The van der Waals surface area contributed by atoms with Crippen LogP contribution >= 0.6 is 12.2 Å². The number of hydrogen-bond acceptors (Lipinski definition) is 4. The minimum absolute atomic E-state index is 0.0889. The first-order chi connectivity index (χ1) is 12.7. The Hall–Kier alpha value is -2.34. The molecule has 4 nitrogen and oxygen atoms in total. The van der Waals surface area contributed by atoms with Crippen molar-refractivity contribution in [1.29, 1.82) is 0 Å². The summed E-state index contributed by atoms with van der Waals surface area (Å²) in [6, 6.07) is 10.5. The first-order valence-electron chi connectivity index (χ1n) is 8.74. The average Bonchev–Trinajstić information content (AvgIpc) is 2.70. The molecule has 0 radical (unpaired) electrons. The van der Waals surface area contributed by atoms with Crippen LogP contribution in [0.25, 0.3) is 0 Å². The van der Waals surface area contributed by atoms with Gasteiger partial charge in [0.2, 0.25) is 0 Å². The molecular formula is C20H22FN3OS. The van der Waals surface area contributed by atoms with Crippen LogP contribution in [-0.4, -0.2) is 22.7 Å². The molecule has 1 aliphatic rings. The summed E-state index contributed by atoms with van der Waals surface area (Å²) in [5, 5.41) is 7.54. The Balaban J connectivity index is 1.91. The van der Waals surface area contributed by atoms with Crippen LogP contribution in [0.4, 0.5) is 4.39 Å². The van der Waals surface area contributed by atoms with Gasteiger partial charge < -0.3 is 10.2 Å². The number of likely N-dealkylation sites (N-methyl/N-ethyl adjacent to an activating group) is 1. The molecule has 0 saturated heterocycles. The maximum atomic E-state index is 13.8. The summed E-state index contributed by atoms with van der Waals surface area (Å²) in [5.74, 6) is -0.291. The number of benzene rings is 1. The largest absolute Gasteiger partial charge is 0.391 e. The third-order valence-corrected chi connectivity index (χ3v) is 5.38. The standard InChI is InChI=1S/C20H22FN3OS/c1-22-19(26)20(16-8-6-12-23-13-16)11-5-4-10-18(20)24-25-14-15-7-2-3-9-17(15)21/h2-3,6-9,12-13H,4-5,10-11,14H2,1H3,(H,22,26). The van der Waals surface area contributed by atoms with Gasteiger partial charge in [-0.25, -0.2) is 4.39 Å². The predicted molar refractivity (Wildman–Crippen MR) is 105 cm³/mol. The smallest absolute Gasteiger partial charge is 0.145 e. The van der Waals surface area contributed by atoms with E-state index in [0.29, 0.717) is 10.6 Å². The van der Waals surface area contributed by atoms with Gasteiger partial charge in [0, 0.05) is 25.0 Å². The molecule has 1 unspecified atom stereocenters. The Morgan fingerprint density at radius 1 is 1.31 bits per heavy atom. The van der Waals surface area contributed by atoms with Gasteiger partial charge in [-0.2, -0.15) is 0 Å². The highest BCUT2D eigenvalue weighted by molar-refractivity contribution is 7.80. The van der Waals surface area contributed by atoms with Crippen molar-refractivity contribution >= 4 is 22.9 Å². The van der Waals surface area contributed by atoms with Crippen LogP contribution in [0, 0.1) is 5.82 Å². The Bertz CT molecular complexity index is 797. The molecule has 1 aromatic carbocycles. The van der Waals surface area contributed by atoms with E-state index in [1.165, 1.54) is 6.07 Å². The lowest BCUT2D eigenvalue weighted by molar-refractivity contribution is 0.125. The maximum absolute atomic E-state index is 13.8. The fourth-order valence-electron chi connectivity index (χ4n) is 3.47. The number of nitrogens with one attached hydrogen (secondary N) is 1. The van der Waals surface area contributed by atoms with E-state index in [-0.39, 0.29) is 12.4 Å². The number of nitrogens with zero attached hydrogens (tertiary/aromatic N) is 2. The Morgan fingerprint density at radius 3 is 2.88 bits per heavy atom. The van der Waals surface area contributed by atoms with Gasteiger partial charge in [-0.1, -0.05) is 48.1 Å². The summed E-state index contributed by atoms with van der Waals surface area (Å²) in [5.41, 5.74) is 1.84. The first kappa shape index (κ1) is 18.5. The van der Waals surface area contributed by atoms with Gasteiger partial charge in [0.15, 0.2) is 0 Å². The number of pyridine rings is 1. The highest BCUT2D eigenvalue weighted by atomic mass is 32.1. The minimum Gasteiger partial charge on any atom is -0.391 e. The quantitative estimate of drug-likeness (QED) is 0.633. The van der Waals surface area contributed by atoms with Gasteiger partial charge in [0.1, 0.15) is 12.4 Å². The van der Waals surface area contributed by atoms with Crippen molar-refractivity contribution in [2.75, 3.05) is 7.05 Å². The highest BCUT2D eigenvalue weighted by Crippen LogP contribution is 2.38. The Morgan fingerprint density at radius 2 is 2.15 bits per heavy atom. The third-order valence-electron chi connectivity index (χ3n) is 4.83. The fraction of sp³-hybridized carbons (Fsp3) is 0.350. The molecule has 1 N–H and O–H groups in total. The van der Waals surface area contributed by atoms with Crippen LogP contribution in [-0.2, 0) is 16.9 Å². The number of oxime groups is 1. The first-order valence-corrected chi connectivity index (χ1v) is 9.14. The molecule has 6 heteroatoms. The van der Waals surface area contributed by atoms with Gasteiger partial charge in [0.05, 0.1) is 16.1 Å². The second-order valence-corrected chi connectivity index (χ2v) is 6.74. The van der Waals surface area contributed by atoms with Crippen LogP contribution in [0.1, 0.15) is 36.8 Å². The van der Waals surface area contributed by atoms with E-state index in [1.54, 1.807) is 24.4 Å². The van der Waals surface area contributed by atoms with Crippen molar-refractivity contribution in [1.82, 2.24) is 10.3 Å². The van der Waals surface area contributed by atoms with Gasteiger partial charge in [-0.15, -0.1) is 0 Å². The van der Waals surface area contributed by atoms with E-state index in [0.717, 1.165) is 37.0 Å². The Kier molecular flexibility index (Phi) is 5.93. The van der Waals surface area contributed by atoms with Gasteiger partial charge in [-0.05, 0) is 37.0 Å². The van der Waals surface area contributed by atoms with E-state index in [2.05, 4.69) is 15.5 Å². The summed E-state index contributed by atoms with van der Waals surface area (Å²) < 4.78 is 13.8. The molecule has 0 amide bonds. The normalized spacial score (nSPS) is 21.4. The second-order valence-electron chi connectivity index (χ2n) is 6.34. The van der Waals surface area contributed by atoms with Crippen molar-refractivity contribution in [3.63, 3.8) is 0 Å². The molecule has 1 heterocycles. The molecule has 136 valence electrons. The van der Waals surface area contributed by atoms with Crippen LogP contribution in [0.15, 0.2) is 53.9 Å². The van der Waals surface area contributed by atoms with E-state index < -0.39 is 5.41 Å². The molecule has 0 bridgehead atoms. The average molecular weight is 371 g/mol. The monoisotopic (exact) mass is 371 g/mol. The molecule has 26 heavy (non-hydrogen) atoms. The second kappa shape index (κ2) is 8.36. The van der Waals surface area contributed by atoms with E-state index in [4.69, 9.17) is 17.1 Å². The zero-order chi connectivity index (χ0) is 18.4. The van der Waals surface area contributed by atoms with E-state index >= 15 is 0 Å². The maximum Gasteiger partial charge on any atom is 0.145 e. The lowest BCUT2D eigenvalue weighted by Gasteiger charge is -2.38. The van der Waals surface area contributed by atoms with Crippen LogP contribution in [0.5, 0.6) is 0 Å². The molecule has 0 spiro atoms. The molecule has 1 fully saturated rings. The van der Waals surface area contributed by atoms with Crippen LogP contribution in [0.2, 0.25) is 0 Å². The Labute approximate surface area is 158 Å². The third kappa shape index (κ3) is 3.60. The number of hydrogen-bond donors (Lipinski definition) is 1. The number of thiocarbonyl (C=S) groups is 1. The molecule has 1 saturated carbocycles. The van der Waals surface area contributed by atoms with Crippen molar-refractivity contribution < 1.29 is 9.23 Å². The summed E-state index contributed by atoms with van der Waals surface area (Å²) in [4.78, 5) is 10.5. The summed E-state index contributed by atoms with van der Waals surface area (Å²) in [6.07, 6.45) is 7.28. The molecule has 2 aromatic rings. The van der Waals surface area contributed by atoms with E-state index in [9.17, 15) is 4.39 Å². The van der Waals surface area contributed by atoms with Crippen LogP contribution in [0.3, 0.4) is 0 Å². The number of rotatable bonds is 5. The van der Waals surface area contributed by atoms with Gasteiger partial charge in [-0.3, -0.25) is 4.98 Å². The fourth-order valence-corrected chi connectivity index (χ4v) is 3.81. The molecule has 0 aliphatic heterocycles. The van der Waals surface area contributed by atoms with Crippen molar-refractivity contribution in [2.45, 2.75) is 37.7 Å². The van der Waals surface area contributed by atoms with Crippen molar-refractivity contribution in [2.24, 2.45) is 5.16 Å². The highest BCUT2D eigenvalue weighted by Gasteiger charge is 2.44. The SMILES string of the molecule is CNC(=S)C1(c2cccnc2)CCCCC1=NOCc1ccccc1F. The number of aromatic nitrogens is 1. The molecule has 3 rings (SSSR count). The predicted octanol–water partition coefficient (Wildman–Crippen LogP) is 4.15. The molecule has 1 atom stereocenters. The lowest BCUT2D eigenvalue weighted by atomic mass is 9.68. The molecular weight excluding hydrogens is 349 g/mol. The van der Waals surface area contributed by atoms with Crippen LogP contribution < -0.4 is 5.32 Å². The minimum atomic E-state index is -0.522. The molecule has 1 aromatic heterocycles. The van der Waals surface area contributed by atoms with Gasteiger partial charge in [0.25, 0.3) is 0 Å². The molecule has 1 aliphatic carbocycles. The summed E-state index contributed by atoms with van der Waals surface area (Å²) in [7, 11) is 1.83. The van der Waals surface area contributed by atoms with Gasteiger partial charge >= 0.3 is 0 Å². The topological polar surface area (TPSA) is 46.5 Å². The van der Waals surface area contributed by atoms with Crippen molar-refractivity contribution in [3.8, 4) is 0 Å². The van der Waals surface area contributed by atoms with E-state index in [1.807, 2.05) is 25.4 Å². The summed E-state index contributed by atoms with van der Waals surface area (Å²) in [6.45, 7) is 0.0889. The zero-order valence-corrected chi connectivity index (χ0v) is 15.6. The van der Waals surface area contributed by atoms with Crippen molar-refractivity contribution in [3.05, 3.63) is 65.7 Å². The lowest BCUT2D eigenvalue weighted by Crippen LogP contribution is -2.50.